The van der Waals surface area contributed by atoms with Crippen molar-refractivity contribution in [2.24, 2.45) is 0 Å². The average molecular weight is 408 g/mol. The summed E-state index contributed by atoms with van der Waals surface area (Å²) in [5.41, 5.74) is 0.419. The number of carbonyl (C=O) groups excluding carboxylic acids is 1. The maximum Gasteiger partial charge on any atom is 0.251 e. The molecule has 2 heterocycles. The zero-order chi connectivity index (χ0) is 18.6. The minimum Gasteiger partial charge on any atom is -0.497 e. The van der Waals surface area contributed by atoms with Crippen LogP contribution >= 0.6 is 22.7 Å². The van der Waals surface area contributed by atoms with Crippen LogP contribution in [0.4, 0.5) is 0 Å². The molecule has 0 spiro atoms. The van der Waals surface area contributed by atoms with Crippen LogP contribution in [0.5, 0.6) is 5.75 Å². The molecule has 1 aromatic carbocycles. The van der Waals surface area contributed by atoms with E-state index in [0.717, 1.165) is 0 Å². The Bertz CT molecular complexity index is 964. The van der Waals surface area contributed by atoms with Gasteiger partial charge in [-0.05, 0) is 41.1 Å². The first-order valence-electron chi connectivity index (χ1n) is 7.75. The molecule has 0 aliphatic rings. The van der Waals surface area contributed by atoms with E-state index >= 15 is 0 Å². The van der Waals surface area contributed by atoms with Crippen molar-refractivity contribution >= 4 is 38.4 Å². The maximum absolute atomic E-state index is 13.0. The summed E-state index contributed by atoms with van der Waals surface area (Å²) in [5, 5.41) is 5.48. The number of amides is 1. The summed E-state index contributed by atoms with van der Waals surface area (Å²) in [6.45, 7) is -0.00318. The number of methoxy groups -OCH3 is 1. The predicted molar refractivity (Wildman–Crippen MR) is 104 cm³/mol. The largest absolute Gasteiger partial charge is 0.497 e. The van der Waals surface area contributed by atoms with Crippen molar-refractivity contribution in [3.8, 4) is 5.75 Å². The second kappa shape index (κ2) is 8.03. The first kappa shape index (κ1) is 18.6. The van der Waals surface area contributed by atoms with Crippen LogP contribution in [0, 0.1) is 0 Å². The molecule has 0 aliphatic heterocycles. The molecule has 0 fully saturated rings. The number of carbonyl (C=O) groups is 1. The molecule has 2 aromatic heterocycles. The predicted octanol–water partition coefficient (Wildman–Crippen LogP) is 3.76. The monoisotopic (exact) mass is 407 g/mol. The van der Waals surface area contributed by atoms with Gasteiger partial charge in [0.2, 0.25) is 0 Å². The Balaban J connectivity index is 1.82. The molecule has 8 heteroatoms. The summed E-state index contributed by atoms with van der Waals surface area (Å²) in [6.07, 6.45) is 0. The molecule has 3 rings (SSSR count). The van der Waals surface area contributed by atoms with Gasteiger partial charge < -0.3 is 10.1 Å². The van der Waals surface area contributed by atoms with Gasteiger partial charge in [0.1, 0.15) is 15.2 Å². The van der Waals surface area contributed by atoms with Crippen molar-refractivity contribution in [2.45, 2.75) is 9.46 Å². The Morgan fingerprint density at radius 3 is 2.54 bits per heavy atom. The molecule has 1 N–H and O–H groups in total. The van der Waals surface area contributed by atoms with Crippen molar-refractivity contribution in [1.82, 2.24) is 5.32 Å². The summed E-state index contributed by atoms with van der Waals surface area (Å²) in [6, 6.07) is 13.6. The van der Waals surface area contributed by atoms with Gasteiger partial charge in [0.05, 0.1) is 7.11 Å². The van der Waals surface area contributed by atoms with Crippen LogP contribution in [-0.4, -0.2) is 28.0 Å². The third-order valence-corrected chi connectivity index (χ3v) is 8.44. The topological polar surface area (TPSA) is 72.5 Å². The van der Waals surface area contributed by atoms with E-state index in [4.69, 9.17) is 4.74 Å². The van der Waals surface area contributed by atoms with Gasteiger partial charge in [0.25, 0.3) is 5.91 Å². The Morgan fingerprint density at radius 1 is 1.12 bits per heavy atom. The van der Waals surface area contributed by atoms with Crippen molar-refractivity contribution in [3.05, 3.63) is 69.7 Å². The molecule has 0 bridgehead atoms. The van der Waals surface area contributed by atoms with Gasteiger partial charge >= 0.3 is 0 Å². The highest BCUT2D eigenvalue weighted by atomic mass is 32.2. The Hall–Kier alpha value is -2.16. The summed E-state index contributed by atoms with van der Waals surface area (Å²) in [5.74, 6) is 0.227. The molecule has 136 valence electrons. The van der Waals surface area contributed by atoms with Gasteiger partial charge in [-0.25, -0.2) is 8.42 Å². The molecule has 0 radical (unpaired) electrons. The summed E-state index contributed by atoms with van der Waals surface area (Å²) in [7, 11) is -2.06. The standard InChI is InChI=1S/C18H17NO4S3/c1-23-14-6-2-5-13(11-14)18(20)19-12-16(15-7-3-9-24-15)26(21,22)17-8-4-10-25-17/h2-11,16H,12H2,1H3,(H,19,20)/t16-/m1/s1. The van der Waals surface area contributed by atoms with Gasteiger partial charge in [-0.3, -0.25) is 4.79 Å². The van der Waals surface area contributed by atoms with Crippen molar-refractivity contribution in [3.63, 3.8) is 0 Å². The lowest BCUT2D eigenvalue weighted by Gasteiger charge is -2.16. The summed E-state index contributed by atoms with van der Waals surface area (Å²) in [4.78, 5) is 13.1. The smallest absolute Gasteiger partial charge is 0.251 e. The van der Waals surface area contributed by atoms with Crippen LogP contribution in [0.2, 0.25) is 0 Å². The Labute approximate surface area is 160 Å². The quantitative estimate of drug-likeness (QED) is 0.647. The van der Waals surface area contributed by atoms with E-state index in [-0.39, 0.29) is 12.5 Å². The highest BCUT2D eigenvalue weighted by molar-refractivity contribution is 7.93. The lowest BCUT2D eigenvalue weighted by atomic mass is 10.2. The highest BCUT2D eigenvalue weighted by Gasteiger charge is 2.31. The van der Waals surface area contributed by atoms with Gasteiger partial charge in [-0.1, -0.05) is 18.2 Å². The molecule has 0 aliphatic carbocycles. The van der Waals surface area contributed by atoms with Gasteiger partial charge in [0.15, 0.2) is 9.84 Å². The van der Waals surface area contributed by atoms with Gasteiger partial charge in [0, 0.05) is 17.0 Å². The fraction of sp³-hybridized carbons (Fsp3) is 0.167. The average Bonchev–Trinajstić information content (AvgIpc) is 3.35. The van der Waals surface area contributed by atoms with Crippen molar-refractivity contribution < 1.29 is 17.9 Å². The zero-order valence-electron chi connectivity index (χ0n) is 13.9. The number of thiophene rings is 2. The number of nitrogens with one attached hydrogen (secondary N) is 1. The third-order valence-electron chi connectivity index (χ3n) is 3.79. The van der Waals surface area contributed by atoms with E-state index < -0.39 is 15.1 Å². The molecule has 5 nitrogen and oxygen atoms in total. The molecule has 0 unspecified atom stereocenters. The fourth-order valence-corrected chi connectivity index (χ4v) is 6.44. The number of hydrogen-bond acceptors (Lipinski definition) is 6. The lowest BCUT2D eigenvalue weighted by Crippen LogP contribution is -2.31. The van der Waals surface area contributed by atoms with E-state index in [9.17, 15) is 13.2 Å². The normalized spacial score (nSPS) is 12.5. The molecule has 1 amide bonds. The number of rotatable bonds is 7. The van der Waals surface area contributed by atoms with Crippen LogP contribution in [0.3, 0.4) is 0 Å². The zero-order valence-corrected chi connectivity index (χ0v) is 16.4. The Kier molecular flexibility index (Phi) is 5.75. The summed E-state index contributed by atoms with van der Waals surface area (Å²) < 4.78 is 31.4. The Morgan fingerprint density at radius 2 is 1.88 bits per heavy atom. The highest BCUT2D eigenvalue weighted by Crippen LogP contribution is 2.33. The van der Waals surface area contributed by atoms with Gasteiger partial charge in [-0.2, -0.15) is 0 Å². The van der Waals surface area contributed by atoms with Crippen LogP contribution < -0.4 is 10.1 Å². The van der Waals surface area contributed by atoms with Gasteiger partial charge in [-0.15, -0.1) is 22.7 Å². The van der Waals surface area contributed by atoms with E-state index in [0.29, 0.717) is 20.4 Å². The number of benzene rings is 1. The number of hydrogen-bond donors (Lipinski definition) is 1. The summed E-state index contributed by atoms with van der Waals surface area (Å²) >= 11 is 2.54. The molecular weight excluding hydrogens is 390 g/mol. The molecule has 1 atom stereocenters. The van der Waals surface area contributed by atoms with Crippen LogP contribution in [0.25, 0.3) is 0 Å². The molecule has 0 saturated heterocycles. The van der Waals surface area contributed by atoms with Crippen molar-refractivity contribution in [2.75, 3.05) is 13.7 Å². The van der Waals surface area contributed by atoms with Crippen LogP contribution in [0.1, 0.15) is 20.5 Å². The number of sulfone groups is 1. The minimum absolute atomic E-state index is 0.00318. The van der Waals surface area contributed by atoms with Crippen molar-refractivity contribution in [1.29, 1.82) is 0 Å². The maximum atomic E-state index is 13.0. The van der Waals surface area contributed by atoms with E-state index in [1.165, 1.54) is 29.8 Å². The minimum atomic E-state index is -3.58. The van der Waals surface area contributed by atoms with E-state index in [1.54, 1.807) is 53.9 Å². The fourth-order valence-electron chi connectivity index (χ4n) is 2.46. The van der Waals surface area contributed by atoms with Crippen LogP contribution in [-0.2, 0) is 9.84 Å². The first-order chi connectivity index (χ1) is 12.5. The van der Waals surface area contributed by atoms with E-state index in [2.05, 4.69) is 5.32 Å². The SMILES string of the molecule is COc1cccc(C(=O)NC[C@H](c2cccs2)S(=O)(=O)c2cccs2)c1. The third kappa shape index (κ3) is 3.98. The molecule has 3 aromatic rings. The van der Waals surface area contributed by atoms with E-state index in [1.807, 2.05) is 5.38 Å². The first-order valence-corrected chi connectivity index (χ1v) is 11.1. The molecule has 26 heavy (non-hydrogen) atoms. The number of ether oxygens (including phenoxy) is 1. The molecular formula is C18H17NO4S3. The van der Waals surface area contributed by atoms with Crippen LogP contribution in [0.15, 0.2) is 63.5 Å². The second-order valence-corrected chi connectivity index (χ2v) is 9.71. The lowest BCUT2D eigenvalue weighted by molar-refractivity contribution is 0.0953. The molecule has 0 saturated carbocycles. The second-order valence-electron chi connectivity index (χ2n) is 5.42.